The van der Waals surface area contributed by atoms with Gasteiger partial charge in [-0.05, 0) is 5.92 Å². The number of carbonyl (C=O) groups excluding carboxylic acids is 1. The number of primary amides is 1. The van der Waals surface area contributed by atoms with Crippen molar-refractivity contribution in [2.45, 2.75) is 20.3 Å². The number of rotatable bonds is 2. The van der Waals surface area contributed by atoms with Gasteiger partial charge in [0.05, 0.1) is 0 Å². The van der Waals surface area contributed by atoms with Crippen molar-refractivity contribution in [3.8, 4) is 0 Å². The van der Waals surface area contributed by atoms with Gasteiger partial charge in [-0.1, -0.05) is 13.8 Å². The third kappa shape index (κ3) is 9.27. The molecule has 2 nitrogen and oxygen atoms in total. The fourth-order valence-electron chi connectivity index (χ4n) is 0.402. The van der Waals surface area contributed by atoms with Crippen LogP contribution in [0.25, 0.3) is 0 Å². The van der Waals surface area contributed by atoms with Gasteiger partial charge in [-0.25, -0.2) is 0 Å². The maximum atomic E-state index is 10.0. The summed E-state index contributed by atoms with van der Waals surface area (Å²) < 4.78 is 0. The Morgan fingerprint density at radius 3 is 2.00 bits per heavy atom. The van der Waals surface area contributed by atoms with E-state index in [0.29, 0.717) is 12.3 Å². The highest BCUT2D eigenvalue weighted by atomic mass is 32.1. The minimum atomic E-state index is -0.213. The summed E-state index contributed by atoms with van der Waals surface area (Å²) in [7, 11) is 0. The van der Waals surface area contributed by atoms with Crippen LogP contribution in [0.15, 0.2) is 0 Å². The lowest BCUT2D eigenvalue weighted by Gasteiger charge is -1.95. The van der Waals surface area contributed by atoms with Crippen molar-refractivity contribution in [1.82, 2.24) is 0 Å². The molecule has 50 valence electrons. The molecular weight excluding hydrogens is 122 g/mol. The standard InChI is InChI=1S/C5H11NO.H2S/c1-4(2)3-5(6)7;/h4H,3H2,1-2H3,(H2,6,7);1H2. The predicted molar refractivity (Wildman–Crippen MR) is 39.0 cm³/mol. The molecule has 1 amide bonds. The van der Waals surface area contributed by atoms with E-state index in [9.17, 15) is 4.79 Å². The molecule has 0 aliphatic carbocycles. The Morgan fingerprint density at radius 1 is 1.62 bits per heavy atom. The van der Waals surface area contributed by atoms with Crippen LogP contribution in [-0.2, 0) is 4.79 Å². The van der Waals surface area contributed by atoms with Crippen LogP contribution in [0.1, 0.15) is 20.3 Å². The van der Waals surface area contributed by atoms with E-state index < -0.39 is 0 Å². The SMILES string of the molecule is CC(C)CC(N)=O.S. The van der Waals surface area contributed by atoms with Gasteiger partial charge in [0.15, 0.2) is 0 Å². The summed E-state index contributed by atoms with van der Waals surface area (Å²) in [5.74, 6) is 0.188. The first-order valence-electron chi connectivity index (χ1n) is 2.41. The van der Waals surface area contributed by atoms with Crippen LogP contribution in [0.3, 0.4) is 0 Å². The van der Waals surface area contributed by atoms with E-state index in [0.717, 1.165) is 0 Å². The minimum absolute atomic E-state index is 0. The van der Waals surface area contributed by atoms with E-state index in [1.807, 2.05) is 13.8 Å². The zero-order valence-electron chi connectivity index (χ0n) is 5.27. The molecule has 0 spiro atoms. The van der Waals surface area contributed by atoms with Gasteiger partial charge >= 0.3 is 0 Å². The van der Waals surface area contributed by atoms with E-state index in [1.54, 1.807) is 0 Å². The van der Waals surface area contributed by atoms with E-state index in [2.05, 4.69) is 0 Å². The summed E-state index contributed by atoms with van der Waals surface area (Å²) >= 11 is 0. The molecule has 0 saturated carbocycles. The van der Waals surface area contributed by atoms with Crippen LogP contribution in [0.5, 0.6) is 0 Å². The summed E-state index contributed by atoms with van der Waals surface area (Å²) in [5.41, 5.74) is 4.85. The third-order valence-electron chi connectivity index (χ3n) is 0.609. The Bertz CT molecular complexity index is 72.8. The number of carbonyl (C=O) groups is 1. The first-order chi connectivity index (χ1) is 3.13. The summed E-state index contributed by atoms with van der Waals surface area (Å²) in [6.45, 7) is 3.93. The molecule has 0 aromatic carbocycles. The van der Waals surface area contributed by atoms with Gasteiger partial charge in [0, 0.05) is 6.42 Å². The average molecular weight is 135 g/mol. The second-order valence-electron chi connectivity index (χ2n) is 2.06. The first kappa shape index (κ1) is 10.7. The second kappa shape index (κ2) is 4.97. The predicted octanol–water partition coefficient (Wildman–Crippen LogP) is 0.631. The Labute approximate surface area is 56.9 Å². The maximum Gasteiger partial charge on any atom is 0.217 e. The van der Waals surface area contributed by atoms with E-state index in [-0.39, 0.29) is 19.4 Å². The molecule has 0 saturated heterocycles. The molecule has 0 aliphatic rings. The number of amides is 1. The summed E-state index contributed by atoms with van der Waals surface area (Å²) in [6, 6.07) is 0. The quantitative estimate of drug-likeness (QED) is 0.593. The van der Waals surface area contributed by atoms with Gasteiger partial charge in [0.1, 0.15) is 0 Å². The molecule has 0 aliphatic heterocycles. The van der Waals surface area contributed by atoms with E-state index >= 15 is 0 Å². The van der Waals surface area contributed by atoms with E-state index in [4.69, 9.17) is 5.73 Å². The van der Waals surface area contributed by atoms with Crippen LogP contribution in [0.2, 0.25) is 0 Å². The van der Waals surface area contributed by atoms with Gasteiger partial charge in [-0.2, -0.15) is 13.5 Å². The molecule has 0 atom stereocenters. The first-order valence-corrected chi connectivity index (χ1v) is 2.41. The Morgan fingerprint density at radius 2 is 2.00 bits per heavy atom. The summed E-state index contributed by atoms with van der Waals surface area (Å²) in [5, 5.41) is 0. The monoisotopic (exact) mass is 135 g/mol. The number of hydrogen-bond acceptors (Lipinski definition) is 1. The molecule has 0 radical (unpaired) electrons. The minimum Gasteiger partial charge on any atom is -0.370 e. The highest BCUT2D eigenvalue weighted by molar-refractivity contribution is 7.59. The molecule has 0 aromatic rings. The molecule has 8 heavy (non-hydrogen) atoms. The van der Waals surface area contributed by atoms with Gasteiger partial charge < -0.3 is 5.73 Å². The van der Waals surface area contributed by atoms with Crippen molar-refractivity contribution in [2.24, 2.45) is 11.7 Å². The largest absolute Gasteiger partial charge is 0.370 e. The lowest BCUT2D eigenvalue weighted by Crippen LogP contribution is -2.12. The van der Waals surface area contributed by atoms with Gasteiger partial charge in [0.2, 0.25) is 5.91 Å². The van der Waals surface area contributed by atoms with Gasteiger partial charge in [0.25, 0.3) is 0 Å². The molecule has 0 fully saturated rings. The highest BCUT2D eigenvalue weighted by Crippen LogP contribution is 1.95. The fraction of sp³-hybridized carbons (Fsp3) is 0.800. The molecule has 0 heterocycles. The van der Waals surface area contributed by atoms with Crippen molar-refractivity contribution in [2.75, 3.05) is 0 Å². The second-order valence-corrected chi connectivity index (χ2v) is 2.06. The van der Waals surface area contributed by atoms with Gasteiger partial charge in [-0.3, -0.25) is 4.79 Å². The fourth-order valence-corrected chi connectivity index (χ4v) is 0.402. The zero-order chi connectivity index (χ0) is 5.86. The molecule has 0 unspecified atom stereocenters. The average Bonchev–Trinajstić information content (AvgIpc) is 1.27. The zero-order valence-corrected chi connectivity index (χ0v) is 6.27. The summed E-state index contributed by atoms with van der Waals surface area (Å²) in [4.78, 5) is 10.0. The maximum absolute atomic E-state index is 10.0. The lowest BCUT2D eigenvalue weighted by molar-refractivity contribution is -0.118. The molecule has 0 rings (SSSR count). The molecule has 0 bridgehead atoms. The Kier molecular flexibility index (Phi) is 6.67. The molecule has 3 heteroatoms. The Balaban J connectivity index is 0. The van der Waals surface area contributed by atoms with Crippen molar-refractivity contribution in [3.05, 3.63) is 0 Å². The van der Waals surface area contributed by atoms with Crippen LogP contribution in [0, 0.1) is 5.92 Å². The lowest BCUT2D eigenvalue weighted by atomic mass is 10.1. The molecule has 2 N–H and O–H groups in total. The van der Waals surface area contributed by atoms with Crippen LogP contribution in [-0.4, -0.2) is 5.91 Å². The normalized spacial score (nSPS) is 8.38. The smallest absolute Gasteiger partial charge is 0.217 e. The van der Waals surface area contributed by atoms with E-state index in [1.165, 1.54) is 0 Å². The van der Waals surface area contributed by atoms with Crippen molar-refractivity contribution < 1.29 is 4.79 Å². The van der Waals surface area contributed by atoms with Crippen molar-refractivity contribution in [3.63, 3.8) is 0 Å². The van der Waals surface area contributed by atoms with Gasteiger partial charge in [-0.15, -0.1) is 0 Å². The number of nitrogens with two attached hydrogens (primary N) is 1. The Hall–Kier alpha value is -0.180. The topological polar surface area (TPSA) is 43.1 Å². The van der Waals surface area contributed by atoms with Crippen LogP contribution in [0.4, 0.5) is 0 Å². The van der Waals surface area contributed by atoms with Crippen molar-refractivity contribution in [1.29, 1.82) is 0 Å². The summed E-state index contributed by atoms with van der Waals surface area (Å²) in [6.07, 6.45) is 0.500. The van der Waals surface area contributed by atoms with Crippen molar-refractivity contribution >= 4 is 19.4 Å². The van der Waals surface area contributed by atoms with Crippen LogP contribution < -0.4 is 5.73 Å². The highest BCUT2D eigenvalue weighted by Gasteiger charge is 1.96. The molecular formula is C5H13NOS. The third-order valence-corrected chi connectivity index (χ3v) is 0.609. The van der Waals surface area contributed by atoms with Crippen LogP contribution >= 0.6 is 13.5 Å². The number of hydrogen-bond donors (Lipinski definition) is 1. The molecule has 0 aromatic heterocycles.